The van der Waals surface area contributed by atoms with Crippen LogP contribution < -0.4 is 9.47 Å². The molecule has 3 aromatic rings. The lowest BCUT2D eigenvalue weighted by atomic mass is 10.2. The first kappa shape index (κ1) is 25.8. The Balaban J connectivity index is 1.40. The highest BCUT2D eigenvalue weighted by atomic mass is 79.9. The number of benzene rings is 2. The molecule has 0 aliphatic carbocycles. The standard InChI is InChI=1S/C26H27BrN2O7S/c27-20-6-8-23(9-7-20)37(31,32)29(16-22-4-2-12-34-22)17-26(30)28(15-21-3-1-11-33-21)14-19-5-10-24-25(13-19)36-18-35-24/h1,3,5-11,13,22H,2,4,12,14-18H2. The summed E-state index contributed by atoms with van der Waals surface area (Å²) in [4.78, 5) is 15.4. The van der Waals surface area contributed by atoms with Crippen LogP contribution in [0, 0.1) is 0 Å². The quantitative estimate of drug-likeness (QED) is 0.349. The van der Waals surface area contributed by atoms with Crippen molar-refractivity contribution in [3.8, 4) is 11.5 Å². The van der Waals surface area contributed by atoms with Crippen molar-refractivity contribution in [3.63, 3.8) is 0 Å². The van der Waals surface area contributed by atoms with Crippen molar-refractivity contribution >= 4 is 31.9 Å². The summed E-state index contributed by atoms with van der Waals surface area (Å²) in [6.07, 6.45) is 2.89. The Morgan fingerprint density at radius 3 is 2.57 bits per heavy atom. The average Bonchev–Trinajstić information content (AvgIpc) is 3.66. The fourth-order valence-electron chi connectivity index (χ4n) is 4.35. The summed E-state index contributed by atoms with van der Waals surface area (Å²) in [5.41, 5.74) is 0.825. The molecule has 9 nitrogen and oxygen atoms in total. The molecule has 1 atom stereocenters. The molecule has 0 bridgehead atoms. The highest BCUT2D eigenvalue weighted by molar-refractivity contribution is 9.10. The zero-order chi connectivity index (χ0) is 25.8. The fourth-order valence-corrected chi connectivity index (χ4v) is 6.04. The van der Waals surface area contributed by atoms with E-state index in [4.69, 9.17) is 18.6 Å². The second-order valence-electron chi connectivity index (χ2n) is 8.90. The van der Waals surface area contributed by atoms with E-state index in [2.05, 4.69) is 15.9 Å². The summed E-state index contributed by atoms with van der Waals surface area (Å²) < 4.78 is 51.3. The van der Waals surface area contributed by atoms with Gasteiger partial charge in [0.05, 0.1) is 30.4 Å². The van der Waals surface area contributed by atoms with Crippen molar-refractivity contribution in [2.45, 2.75) is 36.9 Å². The number of rotatable bonds is 10. The molecule has 5 rings (SSSR count). The van der Waals surface area contributed by atoms with Gasteiger partial charge in [0, 0.05) is 24.2 Å². The minimum atomic E-state index is -3.95. The topological polar surface area (TPSA) is 98.5 Å². The van der Waals surface area contributed by atoms with Crippen LogP contribution in [0.5, 0.6) is 11.5 Å². The lowest BCUT2D eigenvalue weighted by molar-refractivity contribution is -0.133. The van der Waals surface area contributed by atoms with Gasteiger partial charge in [0.15, 0.2) is 11.5 Å². The summed E-state index contributed by atoms with van der Waals surface area (Å²) >= 11 is 3.34. The number of amides is 1. The van der Waals surface area contributed by atoms with Gasteiger partial charge in [-0.1, -0.05) is 22.0 Å². The largest absolute Gasteiger partial charge is 0.467 e. The van der Waals surface area contributed by atoms with Crippen molar-refractivity contribution in [1.82, 2.24) is 9.21 Å². The fraction of sp³-hybridized carbons (Fsp3) is 0.346. The van der Waals surface area contributed by atoms with Crippen molar-refractivity contribution in [2.24, 2.45) is 0 Å². The third kappa shape index (κ3) is 6.18. The molecule has 0 saturated carbocycles. The van der Waals surface area contributed by atoms with Crippen LogP contribution in [-0.2, 0) is 32.6 Å². The van der Waals surface area contributed by atoms with E-state index in [0.717, 1.165) is 22.9 Å². The molecule has 0 spiro atoms. The molecule has 3 heterocycles. The van der Waals surface area contributed by atoms with Gasteiger partial charge in [0.25, 0.3) is 0 Å². The number of fused-ring (bicyclic) bond motifs is 1. The molecule has 1 unspecified atom stereocenters. The highest BCUT2D eigenvalue weighted by Gasteiger charge is 2.32. The van der Waals surface area contributed by atoms with Crippen LogP contribution >= 0.6 is 15.9 Å². The van der Waals surface area contributed by atoms with Gasteiger partial charge in [0.2, 0.25) is 22.7 Å². The molecule has 2 aromatic carbocycles. The first-order chi connectivity index (χ1) is 17.9. The summed E-state index contributed by atoms with van der Waals surface area (Å²) in [7, 11) is -3.95. The predicted octanol–water partition coefficient (Wildman–Crippen LogP) is 4.17. The SMILES string of the molecule is O=C(CN(CC1CCCO1)S(=O)(=O)c1ccc(Br)cc1)N(Cc1ccc2c(c1)OCO2)Cc1ccco1. The number of ether oxygens (including phenoxy) is 3. The maximum atomic E-state index is 13.7. The van der Waals surface area contributed by atoms with Gasteiger partial charge in [-0.2, -0.15) is 4.31 Å². The van der Waals surface area contributed by atoms with Crippen LogP contribution in [0.2, 0.25) is 0 Å². The normalized spacial score (nSPS) is 16.9. The first-order valence-corrected chi connectivity index (χ1v) is 14.2. The summed E-state index contributed by atoms with van der Waals surface area (Å²) in [5, 5.41) is 0. The Morgan fingerprint density at radius 2 is 1.84 bits per heavy atom. The van der Waals surface area contributed by atoms with Crippen LogP contribution in [0.15, 0.2) is 74.6 Å². The van der Waals surface area contributed by atoms with Crippen molar-refractivity contribution in [3.05, 3.63) is 76.7 Å². The van der Waals surface area contributed by atoms with E-state index in [0.29, 0.717) is 23.9 Å². The van der Waals surface area contributed by atoms with Crippen molar-refractivity contribution in [1.29, 1.82) is 0 Å². The molecule has 1 aromatic heterocycles. The Bertz CT molecular complexity index is 1320. The summed E-state index contributed by atoms with van der Waals surface area (Å²) in [6.45, 7) is 0.931. The van der Waals surface area contributed by atoms with Crippen LogP contribution in [0.4, 0.5) is 0 Å². The molecule has 196 valence electrons. The second kappa shape index (κ2) is 11.3. The van der Waals surface area contributed by atoms with Gasteiger partial charge < -0.3 is 23.5 Å². The molecule has 2 aliphatic rings. The number of furan rings is 1. The van der Waals surface area contributed by atoms with E-state index in [9.17, 15) is 13.2 Å². The number of hydrogen-bond acceptors (Lipinski definition) is 7. The van der Waals surface area contributed by atoms with E-state index in [1.54, 1.807) is 41.5 Å². The highest BCUT2D eigenvalue weighted by Crippen LogP contribution is 2.33. The minimum absolute atomic E-state index is 0.1000. The minimum Gasteiger partial charge on any atom is -0.467 e. The van der Waals surface area contributed by atoms with E-state index in [1.165, 1.54) is 16.4 Å². The van der Waals surface area contributed by atoms with Crippen LogP contribution in [0.3, 0.4) is 0 Å². The molecular weight excluding hydrogens is 564 g/mol. The van der Waals surface area contributed by atoms with Crippen molar-refractivity contribution < 1.29 is 31.8 Å². The Morgan fingerprint density at radius 1 is 1.03 bits per heavy atom. The van der Waals surface area contributed by atoms with Gasteiger partial charge in [0.1, 0.15) is 5.76 Å². The van der Waals surface area contributed by atoms with E-state index in [-0.39, 0.29) is 49.9 Å². The number of halogens is 1. The van der Waals surface area contributed by atoms with E-state index < -0.39 is 10.0 Å². The predicted molar refractivity (Wildman–Crippen MR) is 137 cm³/mol. The second-order valence-corrected chi connectivity index (χ2v) is 11.8. The maximum absolute atomic E-state index is 13.7. The van der Waals surface area contributed by atoms with Gasteiger partial charge in [-0.3, -0.25) is 4.79 Å². The summed E-state index contributed by atoms with van der Waals surface area (Å²) in [6, 6.07) is 15.4. The van der Waals surface area contributed by atoms with Gasteiger partial charge >= 0.3 is 0 Å². The lowest BCUT2D eigenvalue weighted by Crippen LogP contribution is -2.45. The molecule has 37 heavy (non-hydrogen) atoms. The van der Waals surface area contributed by atoms with Crippen LogP contribution in [0.25, 0.3) is 0 Å². The van der Waals surface area contributed by atoms with Crippen LogP contribution in [-0.4, -0.2) is 56.1 Å². The summed E-state index contributed by atoms with van der Waals surface area (Å²) in [5.74, 6) is 1.50. The monoisotopic (exact) mass is 590 g/mol. The Kier molecular flexibility index (Phi) is 7.84. The molecular formula is C26H27BrN2O7S. The number of hydrogen-bond donors (Lipinski definition) is 0. The maximum Gasteiger partial charge on any atom is 0.243 e. The molecule has 1 saturated heterocycles. The van der Waals surface area contributed by atoms with Gasteiger partial charge in [-0.05, 0) is 66.9 Å². The lowest BCUT2D eigenvalue weighted by Gasteiger charge is -2.28. The van der Waals surface area contributed by atoms with Crippen molar-refractivity contribution in [2.75, 3.05) is 26.5 Å². The Labute approximate surface area is 224 Å². The smallest absolute Gasteiger partial charge is 0.243 e. The van der Waals surface area contributed by atoms with Gasteiger partial charge in [-0.15, -0.1) is 0 Å². The first-order valence-electron chi connectivity index (χ1n) is 11.9. The number of carbonyl (C=O) groups is 1. The average molecular weight is 591 g/mol. The number of carbonyl (C=O) groups excluding carboxylic acids is 1. The molecule has 0 radical (unpaired) electrons. The molecule has 0 N–H and O–H groups in total. The molecule has 1 fully saturated rings. The zero-order valence-corrected chi connectivity index (χ0v) is 22.4. The van der Waals surface area contributed by atoms with E-state index in [1.807, 2.05) is 12.1 Å². The molecule has 1 amide bonds. The molecule has 11 heteroatoms. The van der Waals surface area contributed by atoms with E-state index >= 15 is 0 Å². The third-order valence-corrected chi connectivity index (χ3v) is 8.64. The molecule has 2 aliphatic heterocycles. The van der Waals surface area contributed by atoms with Gasteiger partial charge in [-0.25, -0.2) is 8.42 Å². The Hall–Kier alpha value is -2.86. The van der Waals surface area contributed by atoms with Crippen LogP contribution in [0.1, 0.15) is 24.2 Å². The zero-order valence-electron chi connectivity index (χ0n) is 20.0. The number of nitrogens with zero attached hydrogens (tertiary/aromatic N) is 2. The third-order valence-electron chi connectivity index (χ3n) is 6.28. The number of sulfonamides is 1.